The highest BCUT2D eigenvalue weighted by molar-refractivity contribution is 6.05. The molecule has 0 radical (unpaired) electrons. The van der Waals surface area contributed by atoms with Crippen molar-refractivity contribution in [2.75, 3.05) is 7.11 Å². The molecule has 120 valence electrons. The van der Waals surface area contributed by atoms with Gasteiger partial charge in [0.1, 0.15) is 5.75 Å². The second-order valence-electron chi connectivity index (χ2n) is 5.59. The number of benzene rings is 2. The van der Waals surface area contributed by atoms with Crippen LogP contribution in [0.1, 0.15) is 25.0 Å². The smallest absolute Gasteiger partial charge is 0.251 e. The van der Waals surface area contributed by atoms with Crippen molar-refractivity contribution in [3.63, 3.8) is 0 Å². The maximum atomic E-state index is 10.5. The molecule has 0 aliphatic heterocycles. The number of para-hydroxylation sites is 1. The summed E-state index contributed by atoms with van der Waals surface area (Å²) in [6.07, 6.45) is 1.55. The van der Waals surface area contributed by atoms with Gasteiger partial charge in [-0.1, -0.05) is 47.6 Å². The molecular formula is C18H21N2O3+. The van der Waals surface area contributed by atoms with Gasteiger partial charge < -0.3 is 9.94 Å². The molecule has 0 unspecified atom stereocenters. The summed E-state index contributed by atoms with van der Waals surface area (Å²) in [5.74, 6) is 0.643. The standard InChI is InChI=1S/C18H20N2O3/c1-18(2,17(19-21)14-9-5-4-6-10-14)20(22)13-15-11-7-8-12-16(15)23-3/h4-13H,1-3H3,(H-,21,22)/p+1. The van der Waals surface area contributed by atoms with Crippen LogP contribution in [0.4, 0.5) is 0 Å². The molecule has 2 N–H and O–H groups in total. The molecule has 0 aromatic heterocycles. The lowest BCUT2D eigenvalue weighted by Gasteiger charge is -2.18. The van der Waals surface area contributed by atoms with Gasteiger partial charge in [0.25, 0.3) is 5.54 Å². The lowest BCUT2D eigenvalue weighted by Crippen LogP contribution is -2.44. The number of hydrogen-bond donors (Lipinski definition) is 2. The third-order valence-corrected chi connectivity index (χ3v) is 3.70. The van der Waals surface area contributed by atoms with Crippen LogP contribution in [0, 0.1) is 0 Å². The van der Waals surface area contributed by atoms with Crippen LogP contribution < -0.4 is 4.74 Å². The number of hydrogen-bond acceptors (Lipinski definition) is 4. The fourth-order valence-electron chi connectivity index (χ4n) is 2.30. The van der Waals surface area contributed by atoms with E-state index < -0.39 is 5.54 Å². The Morgan fingerprint density at radius 1 is 1.09 bits per heavy atom. The number of oxime groups is 1. The minimum absolute atomic E-state index is 0.353. The van der Waals surface area contributed by atoms with E-state index in [1.807, 2.05) is 54.6 Å². The Kier molecular flexibility index (Phi) is 5.01. The molecular weight excluding hydrogens is 292 g/mol. The van der Waals surface area contributed by atoms with Gasteiger partial charge in [0, 0.05) is 19.4 Å². The first-order chi connectivity index (χ1) is 11.0. The highest BCUT2D eigenvalue weighted by atomic mass is 16.5. The van der Waals surface area contributed by atoms with Crippen LogP contribution in [0.3, 0.4) is 0 Å². The lowest BCUT2D eigenvalue weighted by atomic mass is 9.92. The fraction of sp³-hybridized carbons (Fsp3) is 0.222. The summed E-state index contributed by atoms with van der Waals surface area (Å²) >= 11 is 0. The van der Waals surface area contributed by atoms with Crippen molar-refractivity contribution in [3.05, 3.63) is 65.7 Å². The van der Waals surface area contributed by atoms with Crippen LogP contribution in [0.15, 0.2) is 59.8 Å². The second-order valence-corrected chi connectivity index (χ2v) is 5.59. The van der Waals surface area contributed by atoms with Crippen molar-refractivity contribution in [2.24, 2.45) is 5.16 Å². The first-order valence-electron chi connectivity index (χ1n) is 7.24. The van der Waals surface area contributed by atoms with Crippen molar-refractivity contribution in [3.8, 4) is 5.75 Å². The molecule has 0 fully saturated rings. The zero-order valence-corrected chi connectivity index (χ0v) is 13.5. The molecule has 2 rings (SSSR count). The number of ether oxygens (including phenoxy) is 1. The molecule has 0 spiro atoms. The molecule has 0 amide bonds. The van der Waals surface area contributed by atoms with E-state index in [2.05, 4.69) is 5.16 Å². The molecule has 5 nitrogen and oxygen atoms in total. The number of rotatable bonds is 5. The van der Waals surface area contributed by atoms with Gasteiger partial charge in [-0.3, -0.25) is 5.21 Å². The maximum Gasteiger partial charge on any atom is 0.251 e. The van der Waals surface area contributed by atoms with E-state index >= 15 is 0 Å². The van der Waals surface area contributed by atoms with Crippen LogP contribution in [-0.2, 0) is 0 Å². The fourth-order valence-corrected chi connectivity index (χ4v) is 2.30. The van der Waals surface area contributed by atoms with Gasteiger partial charge in [0.2, 0.25) is 6.21 Å². The molecule has 0 atom stereocenters. The van der Waals surface area contributed by atoms with Crippen molar-refractivity contribution < 1.29 is 19.9 Å². The molecule has 2 aromatic carbocycles. The quantitative estimate of drug-likeness (QED) is 0.386. The molecule has 0 saturated heterocycles. The highest BCUT2D eigenvalue weighted by Crippen LogP contribution is 2.19. The van der Waals surface area contributed by atoms with Gasteiger partial charge >= 0.3 is 0 Å². The number of methoxy groups -OCH3 is 1. The van der Waals surface area contributed by atoms with E-state index in [0.717, 1.165) is 15.9 Å². The van der Waals surface area contributed by atoms with Crippen molar-refractivity contribution in [1.29, 1.82) is 0 Å². The normalized spacial score (nSPS) is 13.0. The molecule has 0 bridgehead atoms. The van der Waals surface area contributed by atoms with Crippen molar-refractivity contribution in [1.82, 2.24) is 0 Å². The largest absolute Gasteiger partial charge is 0.496 e. The molecule has 2 aromatic rings. The minimum Gasteiger partial charge on any atom is -0.496 e. The van der Waals surface area contributed by atoms with Crippen LogP contribution in [0.2, 0.25) is 0 Å². The Bertz CT molecular complexity index is 722. The predicted molar refractivity (Wildman–Crippen MR) is 89.1 cm³/mol. The van der Waals surface area contributed by atoms with E-state index in [4.69, 9.17) is 4.74 Å². The third-order valence-electron chi connectivity index (χ3n) is 3.70. The Morgan fingerprint density at radius 3 is 2.30 bits per heavy atom. The highest BCUT2D eigenvalue weighted by Gasteiger charge is 2.39. The molecule has 0 aliphatic carbocycles. The van der Waals surface area contributed by atoms with Gasteiger partial charge in [-0.15, -0.1) is 0 Å². The zero-order chi connectivity index (χ0) is 16.9. The van der Waals surface area contributed by atoms with E-state index in [1.54, 1.807) is 27.2 Å². The van der Waals surface area contributed by atoms with E-state index in [1.165, 1.54) is 0 Å². The monoisotopic (exact) mass is 313 g/mol. The van der Waals surface area contributed by atoms with Crippen molar-refractivity contribution >= 4 is 11.9 Å². The molecule has 5 heteroatoms. The van der Waals surface area contributed by atoms with Gasteiger partial charge in [0.05, 0.1) is 12.7 Å². The van der Waals surface area contributed by atoms with Crippen LogP contribution in [0.25, 0.3) is 0 Å². The number of hydroxylamine groups is 1. The van der Waals surface area contributed by atoms with E-state index in [-0.39, 0.29) is 0 Å². The second kappa shape index (κ2) is 6.96. The molecule has 0 heterocycles. The Balaban J connectivity index is 2.43. The summed E-state index contributed by atoms with van der Waals surface area (Å²) < 4.78 is 6.30. The summed E-state index contributed by atoms with van der Waals surface area (Å²) in [5.41, 5.74) is 0.854. The molecule has 0 aliphatic rings. The summed E-state index contributed by atoms with van der Waals surface area (Å²) in [6, 6.07) is 16.6. The van der Waals surface area contributed by atoms with E-state index in [9.17, 15) is 10.4 Å². The molecule has 0 saturated carbocycles. The predicted octanol–water partition coefficient (Wildman–Crippen LogP) is 3.17. The number of nitrogens with zero attached hydrogens (tertiary/aromatic N) is 2. The van der Waals surface area contributed by atoms with E-state index in [0.29, 0.717) is 11.5 Å². The van der Waals surface area contributed by atoms with Gasteiger partial charge in [-0.25, -0.2) is 0 Å². The SMILES string of the molecule is COc1ccccc1C=[N+](O)C(C)(C)C(=NO)c1ccccc1. The first kappa shape index (κ1) is 16.5. The topological polar surface area (TPSA) is 65.1 Å². The summed E-state index contributed by atoms with van der Waals surface area (Å²) in [4.78, 5) is 0. The molecule has 23 heavy (non-hydrogen) atoms. The Morgan fingerprint density at radius 2 is 1.70 bits per heavy atom. The van der Waals surface area contributed by atoms with Crippen LogP contribution in [0.5, 0.6) is 5.75 Å². The lowest BCUT2D eigenvalue weighted by molar-refractivity contribution is -0.806. The van der Waals surface area contributed by atoms with Gasteiger partial charge in [-0.2, -0.15) is 0 Å². The average Bonchev–Trinajstić information content (AvgIpc) is 2.56. The first-order valence-corrected chi connectivity index (χ1v) is 7.24. The van der Waals surface area contributed by atoms with Crippen molar-refractivity contribution in [2.45, 2.75) is 19.4 Å². The zero-order valence-electron chi connectivity index (χ0n) is 13.5. The maximum absolute atomic E-state index is 10.5. The Labute approximate surface area is 135 Å². The summed E-state index contributed by atoms with van der Waals surface area (Å²) in [7, 11) is 1.57. The summed E-state index contributed by atoms with van der Waals surface area (Å²) in [6.45, 7) is 3.53. The summed E-state index contributed by atoms with van der Waals surface area (Å²) in [5, 5.41) is 23.4. The third kappa shape index (κ3) is 3.51. The van der Waals surface area contributed by atoms with Gasteiger partial charge in [-0.05, 0) is 16.9 Å². The minimum atomic E-state index is -0.947. The van der Waals surface area contributed by atoms with Crippen LogP contribution in [-0.4, -0.2) is 39.7 Å². The Hall–Kier alpha value is -2.82. The van der Waals surface area contributed by atoms with Crippen LogP contribution >= 0.6 is 0 Å². The van der Waals surface area contributed by atoms with Gasteiger partial charge in [0.15, 0.2) is 5.71 Å². The average molecular weight is 313 g/mol.